The smallest absolute Gasteiger partial charge is 0.234 e. The van der Waals surface area contributed by atoms with Crippen LogP contribution >= 0.6 is 11.8 Å². The number of rotatable bonds is 5. The van der Waals surface area contributed by atoms with E-state index in [1.165, 1.54) is 31.0 Å². The van der Waals surface area contributed by atoms with E-state index in [-0.39, 0.29) is 5.91 Å². The second kappa shape index (κ2) is 8.34. The minimum Gasteiger partial charge on any atom is -0.354 e. The maximum absolute atomic E-state index is 12.1. The third-order valence-corrected chi connectivity index (χ3v) is 5.30. The van der Waals surface area contributed by atoms with Gasteiger partial charge < -0.3 is 10.2 Å². The summed E-state index contributed by atoms with van der Waals surface area (Å²) in [6.07, 6.45) is 5.28. The Morgan fingerprint density at radius 3 is 3.00 bits per heavy atom. The molecular weight excluding hydrogens is 332 g/mol. The number of amides is 1. The Morgan fingerprint density at radius 2 is 2.20 bits per heavy atom. The zero-order valence-electron chi connectivity index (χ0n) is 14.7. The van der Waals surface area contributed by atoms with Gasteiger partial charge in [0.05, 0.1) is 5.75 Å². The second-order valence-corrected chi connectivity index (χ2v) is 7.45. The molecule has 0 saturated carbocycles. The lowest BCUT2D eigenvalue weighted by Crippen LogP contribution is -2.38. The van der Waals surface area contributed by atoms with E-state index in [2.05, 4.69) is 27.1 Å². The number of piperidine rings is 1. The SMILES string of the molecule is Cc1cccc(NC(=O)CSc2cc(N3CCCC[C@@H]3C)ncn2)c1. The molecule has 1 aromatic heterocycles. The maximum atomic E-state index is 12.1. The van der Waals surface area contributed by atoms with E-state index in [4.69, 9.17) is 0 Å². The average Bonchev–Trinajstić information content (AvgIpc) is 2.61. The summed E-state index contributed by atoms with van der Waals surface area (Å²) >= 11 is 1.44. The molecule has 1 N–H and O–H groups in total. The van der Waals surface area contributed by atoms with Crippen LogP contribution in [0, 0.1) is 6.92 Å². The highest BCUT2D eigenvalue weighted by atomic mass is 32.2. The van der Waals surface area contributed by atoms with Crippen LogP contribution in [-0.4, -0.2) is 34.2 Å². The highest BCUT2D eigenvalue weighted by Gasteiger charge is 2.20. The molecule has 0 radical (unpaired) electrons. The Labute approximate surface area is 153 Å². The van der Waals surface area contributed by atoms with Crippen molar-refractivity contribution in [3.63, 3.8) is 0 Å². The molecule has 1 saturated heterocycles. The zero-order chi connectivity index (χ0) is 17.6. The molecule has 1 aliphatic heterocycles. The van der Waals surface area contributed by atoms with Gasteiger partial charge in [-0.05, 0) is 50.8 Å². The van der Waals surface area contributed by atoms with Crippen LogP contribution in [0.15, 0.2) is 41.7 Å². The summed E-state index contributed by atoms with van der Waals surface area (Å²) in [5.74, 6) is 1.27. The Bertz CT molecular complexity index is 737. The van der Waals surface area contributed by atoms with Crippen LogP contribution in [0.5, 0.6) is 0 Å². The molecule has 1 atom stereocenters. The van der Waals surface area contributed by atoms with Gasteiger partial charge in [-0.25, -0.2) is 9.97 Å². The van der Waals surface area contributed by atoms with Crippen molar-refractivity contribution in [2.24, 2.45) is 0 Å². The summed E-state index contributed by atoms with van der Waals surface area (Å²) < 4.78 is 0. The standard InChI is InChI=1S/C19H24N4OS/c1-14-6-5-8-16(10-14)22-18(24)12-25-19-11-17(20-13-21-19)23-9-4-3-7-15(23)2/h5-6,8,10-11,13,15H,3-4,7,9,12H2,1-2H3,(H,22,24)/t15-/m0/s1. The summed E-state index contributed by atoms with van der Waals surface area (Å²) in [4.78, 5) is 23.2. The average molecular weight is 356 g/mol. The largest absolute Gasteiger partial charge is 0.354 e. The number of thioether (sulfide) groups is 1. The zero-order valence-corrected chi connectivity index (χ0v) is 15.6. The molecule has 2 aromatic rings. The van der Waals surface area contributed by atoms with Gasteiger partial charge in [0, 0.05) is 24.3 Å². The van der Waals surface area contributed by atoms with E-state index in [1.54, 1.807) is 6.33 Å². The number of anilines is 2. The number of aromatic nitrogens is 2. The molecule has 0 unspecified atom stereocenters. The van der Waals surface area contributed by atoms with E-state index in [9.17, 15) is 4.79 Å². The fraction of sp³-hybridized carbons (Fsp3) is 0.421. The topological polar surface area (TPSA) is 58.1 Å². The van der Waals surface area contributed by atoms with Gasteiger partial charge in [0.2, 0.25) is 5.91 Å². The van der Waals surface area contributed by atoms with Crippen LogP contribution < -0.4 is 10.2 Å². The normalized spacial score (nSPS) is 17.4. The van der Waals surface area contributed by atoms with Crippen molar-refractivity contribution in [3.05, 3.63) is 42.2 Å². The first-order valence-electron chi connectivity index (χ1n) is 8.70. The van der Waals surface area contributed by atoms with Crippen LogP contribution in [0.2, 0.25) is 0 Å². The molecule has 2 heterocycles. The van der Waals surface area contributed by atoms with Crippen molar-refractivity contribution in [2.75, 3.05) is 22.5 Å². The highest BCUT2D eigenvalue weighted by molar-refractivity contribution is 7.99. The summed E-state index contributed by atoms with van der Waals surface area (Å²) in [6, 6.07) is 10.3. The first-order chi connectivity index (χ1) is 12.1. The predicted molar refractivity (Wildman–Crippen MR) is 103 cm³/mol. The van der Waals surface area contributed by atoms with Gasteiger partial charge in [0.15, 0.2) is 0 Å². The molecular formula is C19H24N4OS. The van der Waals surface area contributed by atoms with Crippen LogP contribution in [0.1, 0.15) is 31.7 Å². The number of nitrogens with one attached hydrogen (secondary N) is 1. The van der Waals surface area contributed by atoms with Gasteiger partial charge in [-0.3, -0.25) is 4.79 Å². The third-order valence-electron chi connectivity index (χ3n) is 4.38. The van der Waals surface area contributed by atoms with Crippen molar-refractivity contribution in [2.45, 2.75) is 44.2 Å². The summed E-state index contributed by atoms with van der Waals surface area (Å²) in [5, 5.41) is 3.76. The van der Waals surface area contributed by atoms with Gasteiger partial charge in [-0.1, -0.05) is 23.9 Å². The second-order valence-electron chi connectivity index (χ2n) is 6.46. The lowest BCUT2D eigenvalue weighted by Gasteiger charge is -2.34. The van der Waals surface area contributed by atoms with Crippen LogP contribution in [0.4, 0.5) is 11.5 Å². The molecule has 0 spiro atoms. The number of aryl methyl sites for hydroxylation is 1. The fourth-order valence-corrected chi connectivity index (χ4v) is 3.73. The van der Waals surface area contributed by atoms with Crippen molar-refractivity contribution >= 4 is 29.2 Å². The first kappa shape index (κ1) is 17.7. The lowest BCUT2D eigenvalue weighted by molar-refractivity contribution is -0.113. The number of carbonyl (C=O) groups is 1. The molecule has 3 rings (SSSR count). The number of benzene rings is 1. The number of hydrogen-bond acceptors (Lipinski definition) is 5. The molecule has 6 heteroatoms. The van der Waals surface area contributed by atoms with Crippen LogP contribution in [-0.2, 0) is 4.79 Å². The molecule has 0 bridgehead atoms. The summed E-state index contributed by atoms with van der Waals surface area (Å²) in [7, 11) is 0. The fourth-order valence-electron chi connectivity index (χ4n) is 3.06. The van der Waals surface area contributed by atoms with Crippen LogP contribution in [0.25, 0.3) is 0 Å². The summed E-state index contributed by atoms with van der Waals surface area (Å²) in [5.41, 5.74) is 1.96. The molecule has 5 nitrogen and oxygen atoms in total. The van der Waals surface area contributed by atoms with Crippen molar-refractivity contribution < 1.29 is 4.79 Å². The van der Waals surface area contributed by atoms with E-state index in [0.29, 0.717) is 11.8 Å². The van der Waals surface area contributed by atoms with E-state index < -0.39 is 0 Å². The molecule has 1 aromatic carbocycles. The van der Waals surface area contributed by atoms with E-state index in [0.717, 1.165) is 28.6 Å². The molecule has 1 amide bonds. The molecule has 25 heavy (non-hydrogen) atoms. The third kappa shape index (κ3) is 4.95. The van der Waals surface area contributed by atoms with Gasteiger partial charge in [-0.15, -0.1) is 0 Å². The lowest BCUT2D eigenvalue weighted by atomic mass is 10.0. The summed E-state index contributed by atoms with van der Waals surface area (Å²) in [6.45, 7) is 5.29. The molecule has 132 valence electrons. The molecule has 0 aliphatic carbocycles. The Hall–Kier alpha value is -2.08. The van der Waals surface area contributed by atoms with Gasteiger partial charge >= 0.3 is 0 Å². The van der Waals surface area contributed by atoms with Gasteiger partial charge in [-0.2, -0.15) is 0 Å². The number of hydrogen-bond donors (Lipinski definition) is 1. The molecule has 1 aliphatic rings. The Balaban J connectivity index is 1.57. The van der Waals surface area contributed by atoms with E-state index >= 15 is 0 Å². The van der Waals surface area contributed by atoms with E-state index in [1.807, 2.05) is 37.3 Å². The minimum atomic E-state index is -0.0258. The highest BCUT2D eigenvalue weighted by Crippen LogP contribution is 2.25. The van der Waals surface area contributed by atoms with Gasteiger partial charge in [0.25, 0.3) is 0 Å². The Morgan fingerprint density at radius 1 is 1.32 bits per heavy atom. The van der Waals surface area contributed by atoms with Crippen molar-refractivity contribution in [3.8, 4) is 0 Å². The molecule has 1 fully saturated rings. The minimum absolute atomic E-state index is 0.0258. The van der Waals surface area contributed by atoms with Crippen molar-refractivity contribution in [1.82, 2.24) is 9.97 Å². The number of nitrogens with zero attached hydrogens (tertiary/aromatic N) is 3. The Kier molecular flexibility index (Phi) is 5.91. The maximum Gasteiger partial charge on any atom is 0.234 e. The first-order valence-corrected chi connectivity index (χ1v) is 9.68. The monoisotopic (exact) mass is 356 g/mol. The van der Waals surface area contributed by atoms with Gasteiger partial charge in [0.1, 0.15) is 17.2 Å². The van der Waals surface area contributed by atoms with Crippen molar-refractivity contribution in [1.29, 1.82) is 0 Å². The quantitative estimate of drug-likeness (QED) is 0.650. The predicted octanol–water partition coefficient (Wildman–Crippen LogP) is 3.89. The number of carbonyl (C=O) groups excluding carboxylic acids is 1. The van der Waals surface area contributed by atoms with Crippen LogP contribution in [0.3, 0.4) is 0 Å².